The first-order chi connectivity index (χ1) is 8.49. The van der Waals surface area contributed by atoms with Crippen LogP contribution in [0, 0.1) is 9.49 Å². The Morgan fingerprint density at radius 1 is 1.50 bits per heavy atom. The van der Waals surface area contributed by atoms with E-state index in [4.69, 9.17) is 0 Å². The number of hydrogen-bond acceptors (Lipinski definition) is 2. The Hall–Kier alpha value is -0.780. The molecule has 1 N–H and O–H groups in total. The summed E-state index contributed by atoms with van der Waals surface area (Å²) >= 11 is 2.15. The molecule has 0 atom stereocenters. The van der Waals surface area contributed by atoms with Crippen molar-refractivity contribution in [3.63, 3.8) is 0 Å². The fourth-order valence-corrected chi connectivity index (χ4v) is 2.43. The molecule has 0 aliphatic heterocycles. The molecule has 2 rings (SSSR count). The third kappa shape index (κ3) is 3.16. The lowest BCUT2D eigenvalue weighted by molar-refractivity contribution is 0.0693. The zero-order valence-corrected chi connectivity index (χ0v) is 12.8. The summed E-state index contributed by atoms with van der Waals surface area (Å²) in [5, 5.41) is 9.83. The molecule has 1 amide bonds. The number of rotatable bonds is 4. The Bertz CT molecular complexity index is 455. The molecule has 98 valence electrons. The average molecular weight is 359 g/mol. The molecule has 0 radical (unpaired) electrons. The van der Waals surface area contributed by atoms with Crippen molar-refractivity contribution in [1.29, 1.82) is 0 Å². The standard InChI is InChI=1S/C14H18INO2/c1-9(2)16(8-10-3-4-10)14(18)12-7-11(15)5-6-13(12)17/h5-7,9-10,17H,3-4,8H2,1-2H3. The first-order valence-electron chi connectivity index (χ1n) is 6.28. The van der Waals surface area contributed by atoms with Crippen molar-refractivity contribution in [1.82, 2.24) is 4.90 Å². The van der Waals surface area contributed by atoms with Gasteiger partial charge in [0.05, 0.1) is 5.56 Å². The molecule has 1 aliphatic rings. The predicted molar refractivity (Wildman–Crippen MR) is 79.7 cm³/mol. The number of carbonyl (C=O) groups is 1. The fraction of sp³-hybridized carbons (Fsp3) is 0.500. The lowest BCUT2D eigenvalue weighted by Gasteiger charge is -2.27. The molecule has 0 saturated heterocycles. The number of nitrogens with zero attached hydrogens (tertiary/aromatic N) is 1. The summed E-state index contributed by atoms with van der Waals surface area (Å²) in [4.78, 5) is 14.3. The van der Waals surface area contributed by atoms with Gasteiger partial charge in [-0.2, -0.15) is 0 Å². The summed E-state index contributed by atoms with van der Waals surface area (Å²) in [6.45, 7) is 4.85. The van der Waals surface area contributed by atoms with Gasteiger partial charge in [0.1, 0.15) is 5.75 Å². The highest BCUT2D eigenvalue weighted by atomic mass is 127. The van der Waals surface area contributed by atoms with Crippen molar-refractivity contribution in [2.75, 3.05) is 6.54 Å². The van der Waals surface area contributed by atoms with Crippen molar-refractivity contribution < 1.29 is 9.90 Å². The smallest absolute Gasteiger partial charge is 0.257 e. The molecule has 1 aliphatic carbocycles. The number of phenols is 1. The Labute approximate surface area is 121 Å². The van der Waals surface area contributed by atoms with E-state index in [0.717, 1.165) is 10.1 Å². The molecule has 4 heteroatoms. The predicted octanol–water partition coefficient (Wildman–Crippen LogP) is 3.26. The van der Waals surface area contributed by atoms with Crippen LogP contribution in [0.3, 0.4) is 0 Å². The van der Waals surface area contributed by atoms with Crippen LogP contribution in [0.15, 0.2) is 18.2 Å². The lowest BCUT2D eigenvalue weighted by Crippen LogP contribution is -2.38. The second-order valence-electron chi connectivity index (χ2n) is 5.16. The van der Waals surface area contributed by atoms with Crippen LogP contribution in [-0.4, -0.2) is 28.5 Å². The zero-order chi connectivity index (χ0) is 13.3. The number of hydrogen-bond donors (Lipinski definition) is 1. The van der Waals surface area contributed by atoms with E-state index in [1.54, 1.807) is 18.2 Å². The van der Waals surface area contributed by atoms with E-state index in [-0.39, 0.29) is 17.7 Å². The summed E-state index contributed by atoms with van der Waals surface area (Å²) in [7, 11) is 0. The Morgan fingerprint density at radius 3 is 2.72 bits per heavy atom. The third-order valence-electron chi connectivity index (χ3n) is 3.23. The molecule has 1 fully saturated rings. The van der Waals surface area contributed by atoms with Gasteiger partial charge in [0.2, 0.25) is 0 Å². The minimum absolute atomic E-state index is 0.0621. The largest absolute Gasteiger partial charge is 0.507 e. The quantitative estimate of drug-likeness (QED) is 0.839. The maximum absolute atomic E-state index is 12.5. The maximum atomic E-state index is 12.5. The molecule has 0 unspecified atom stereocenters. The van der Waals surface area contributed by atoms with Gasteiger partial charge in [-0.1, -0.05) is 0 Å². The number of phenolic OH excluding ortho intramolecular Hbond substituents is 1. The van der Waals surface area contributed by atoms with Crippen LogP contribution >= 0.6 is 22.6 Å². The molecule has 0 bridgehead atoms. The van der Waals surface area contributed by atoms with E-state index in [0.29, 0.717) is 11.5 Å². The van der Waals surface area contributed by atoms with E-state index < -0.39 is 0 Å². The van der Waals surface area contributed by atoms with Crippen LogP contribution in [0.1, 0.15) is 37.0 Å². The maximum Gasteiger partial charge on any atom is 0.257 e. The summed E-state index contributed by atoms with van der Waals surface area (Å²) < 4.78 is 0.962. The highest BCUT2D eigenvalue weighted by Crippen LogP contribution is 2.31. The number of aromatic hydroxyl groups is 1. The van der Waals surface area contributed by atoms with Gasteiger partial charge in [-0.25, -0.2) is 0 Å². The fourth-order valence-electron chi connectivity index (χ4n) is 1.94. The minimum Gasteiger partial charge on any atom is -0.507 e. The van der Waals surface area contributed by atoms with E-state index >= 15 is 0 Å². The Balaban J connectivity index is 2.23. The first kappa shape index (κ1) is 13.6. The summed E-state index contributed by atoms with van der Waals surface area (Å²) in [6.07, 6.45) is 2.43. The normalized spacial score (nSPS) is 14.9. The van der Waals surface area contributed by atoms with Crippen molar-refractivity contribution in [3.05, 3.63) is 27.3 Å². The summed E-state index contributed by atoms with van der Waals surface area (Å²) in [6, 6.07) is 5.30. The van der Waals surface area contributed by atoms with Crippen molar-refractivity contribution in [2.45, 2.75) is 32.7 Å². The Morgan fingerprint density at radius 2 is 2.17 bits per heavy atom. The lowest BCUT2D eigenvalue weighted by atomic mass is 10.1. The third-order valence-corrected chi connectivity index (χ3v) is 3.90. The number of carbonyl (C=O) groups excluding carboxylic acids is 1. The number of amides is 1. The molecule has 1 aromatic carbocycles. The first-order valence-corrected chi connectivity index (χ1v) is 7.36. The van der Waals surface area contributed by atoms with Gasteiger partial charge < -0.3 is 10.0 Å². The summed E-state index contributed by atoms with van der Waals surface area (Å²) in [5.74, 6) is 0.663. The molecule has 3 nitrogen and oxygen atoms in total. The van der Waals surface area contributed by atoms with E-state index in [9.17, 15) is 9.90 Å². The topological polar surface area (TPSA) is 40.5 Å². The second-order valence-corrected chi connectivity index (χ2v) is 6.40. The molecular weight excluding hydrogens is 341 g/mol. The monoisotopic (exact) mass is 359 g/mol. The van der Waals surface area contributed by atoms with Gasteiger partial charge in [0.15, 0.2) is 0 Å². The minimum atomic E-state index is -0.0621. The van der Waals surface area contributed by atoms with Crippen molar-refractivity contribution in [3.8, 4) is 5.75 Å². The van der Waals surface area contributed by atoms with Crippen LogP contribution in [-0.2, 0) is 0 Å². The van der Waals surface area contributed by atoms with Gasteiger partial charge in [0, 0.05) is 16.2 Å². The SMILES string of the molecule is CC(C)N(CC1CC1)C(=O)c1cc(I)ccc1O. The zero-order valence-electron chi connectivity index (χ0n) is 10.7. The van der Waals surface area contributed by atoms with Crippen LogP contribution < -0.4 is 0 Å². The highest BCUT2D eigenvalue weighted by molar-refractivity contribution is 14.1. The van der Waals surface area contributed by atoms with E-state index in [2.05, 4.69) is 22.6 Å². The van der Waals surface area contributed by atoms with Crippen LogP contribution in [0.5, 0.6) is 5.75 Å². The van der Waals surface area contributed by atoms with Gasteiger partial charge in [0.25, 0.3) is 5.91 Å². The van der Waals surface area contributed by atoms with Crippen molar-refractivity contribution >= 4 is 28.5 Å². The van der Waals surface area contributed by atoms with Gasteiger partial charge in [-0.3, -0.25) is 4.79 Å². The number of halogens is 1. The van der Waals surface area contributed by atoms with Gasteiger partial charge >= 0.3 is 0 Å². The highest BCUT2D eigenvalue weighted by Gasteiger charge is 2.29. The van der Waals surface area contributed by atoms with Crippen LogP contribution in [0.25, 0.3) is 0 Å². The molecule has 1 saturated carbocycles. The molecule has 0 heterocycles. The Kier molecular flexibility index (Phi) is 4.14. The molecule has 0 aromatic heterocycles. The average Bonchev–Trinajstić information content (AvgIpc) is 3.12. The van der Waals surface area contributed by atoms with Gasteiger partial charge in [-0.15, -0.1) is 0 Å². The molecule has 0 spiro atoms. The number of benzene rings is 1. The van der Waals surface area contributed by atoms with Crippen molar-refractivity contribution in [2.24, 2.45) is 5.92 Å². The van der Waals surface area contributed by atoms with E-state index in [1.165, 1.54) is 12.8 Å². The summed E-state index contributed by atoms with van der Waals surface area (Å²) in [5.41, 5.74) is 0.413. The molecular formula is C14H18INO2. The molecule has 1 aromatic rings. The second kappa shape index (κ2) is 5.47. The van der Waals surface area contributed by atoms with Crippen LogP contribution in [0.2, 0.25) is 0 Å². The van der Waals surface area contributed by atoms with Gasteiger partial charge in [-0.05, 0) is 73.4 Å². The molecule has 18 heavy (non-hydrogen) atoms. The van der Waals surface area contributed by atoms with Crippen LogP contribution in [0.4, 0.5) is 0 Å². The van der Waals surface area contributed by atoms with E-state index in [1.807, 2.05) is 18.7 Å².